The minimum Gasteiger partial charge on any atom is -0.379 e. The van der Waals surface area contributed by atoms with Gasteiger partial charge in [-0.05, 0) is 26.2 Å². The lowest BCUT2D eigenvalue weighted by Crippen LogP contribution is -2.39. The number of rotatable bonds is 10. The average molecular weight is 385 g/mol. The van der Waals surface area contributed by atoms with Crippen LogP contribution in [0.25, 0.3) is 0 Å². The molecule has 0 bridgehead atoms. The van der Waals surface area contributed by atoms with Gasteiger partial charge in [-0.3, -0.25) is 4.99 Å². The van der Waals surface area contributed by atoms with Gasteiger partial charge < -0.3 is 24.4 Å². The van der Waals surface area contributed by atoms with Gasteiger partial charge in [0.1, 0.15) is 11.1 Å². The van der Waals surface area contributed by atoms with E-state index in [1.807, 2.05) is 14.0 Å². The van der Waals surface area contributed by atoms with E-state index in [0.29, 0.717) is 19.3 Å². The molecule has 2 atom stereocenters. The van der Waals surface area contributed by atoms with Gasteiger partial charge >= 0.3 is 0 Å². The molecule has 0 amide bonds. The Hall–Kier alpha value is -1.22. The summed E-state index contributed by atoms with van der Waals surface area (Å²) in [5, 5.41) is 6.45. The fraction of sp³-hybridized carbons (Fsp3) is 0.778. The van der Waals surface area contributed by atoms with E-state index in [4.69, 9.17) is 14.2 Å². The maximum atomic E-state index is 5.69. The van der Waals surface area contributed by atoms with Crippen molar-refractivity contribution < 1.29 is 14.2 Å². The standard InChI is InChI=1S/C18H32N4O3S/c1-14(23-4)17-21-15(13-26-17)11-22(3)18(19-2)20-8-6-9-24-12-16-7-5-10-25-16/h13-14,16H,5-12H2,1-4H3,(H,19,20). The fourth-order valence-corrected chi connectivity index (χ4v) is 3.59. The van der Waals surface area contributed by atoms with Gasteiger partial charge in [-0.1, -0.05) is 0 Å². The Kier molecular flexibility index (Phi) is 9.31. The molecule has 0 aromatic carbocycles. The van der Waals surface area contributed by atoms with Crippen LogP contribution >= 0.6 is 11.3 Å². The summed E-state index contributed by atoms with van der Waals surface area (Å²) in [4.78, 5) is 11.1. The molecule has 148 valence electrons. The van der Waals surface area contributed by atoms with Crippen molar-refractivity contribution in [3.05, 3.63) is 16.1 Å². The number of hydrogen-bond donors (Lipinski definition) is 1. The van der Waals surface area contributed by atoms with Crippen LogP contribution in [0, 0.1) is 0 Å². The SMILES string of the molecule is CN=C(NCCCOCC1CCCO1)N(C)Cc1csc(C(C)OC)n1. The highest BCUT2D eigenvalue weighted by atomic mass is 32.1. The maximum absolute atomic E-state index is 5.69. The Balaban J connectivity index is 1.64. The molecule has 2 rings (SSSR count). The van der Waals surface area contributed by atoms with Crippen LogP contribution in [0.1, 0.15) is 43.0 Å². The molecule has 8 heteroatoms. The Bertz CT molecular complexity index is 546. The van der Waals surface area contributed by atoms with Crippen molar-refractivity contribution in [3.8, 4) is 0 Å². The minimum absolute atomic E-state index is 0.0335. The second kappa shape index (κ2) is 11.5. The van der Waals surface area contributed by atoms with Crippen LogP contribution in [0.4, 0.5) is 0 Å². The summed E-state index contributed by atoms with van der Waals surface area (Å²) in [6, 6.07) is 0. The topological polar surface area (TPSA) is 68.2 Å². The average Bonchev–Trinajstić information content (AvgIpc) is 3.32. The van der Waals surface area contributed by atoms with Gasteiger partial charge in [0.2, 0.25) is 0 Å². The summed E-state index contributed by atoms with van der Waals surface area (Å²) in [5.74, 6) is 0.860. The Labute approximate surface area is 160 Å². The van der Waals surface area contributed by atoms with Crippen molar-refractivity contribution in [1.29, 1.82) is 0 Å². The van der Waals surface area contributed by atoms with Gasteiger partial charge in [-0.25, -0.2) is 4.98 Å². The molecule has 1 fully saturated rings. The first-order valence-corrected chi connectivity index (χ1v) is 10.1. The Morgan fingerprint density at radius 3 is 3.12 bits per heavy atom. The largest absolute Gasteiger partial charge is 0.379 e. The van der Waals surface area contributed by atoms with Crippen LogP contribution in [0.2, 0.25) is 0 Å². The third kappa shape index (κ3) is 6.83. The highest BCUT2D eigenvalue weighted by molar-refractivity contribution is 7.09. The Morgan fingerprint density at radius 1 is 1.58 bits per heavy atom. The van der Waals surface area contributed by atoms with Gasteiger partial charge in [0.15, 0.2) is 5.96 Å². The first-order chi connectivity index (χ1) is 12.6. The van der Waals surface area contributed by atoms with Crippen LogP contribution in [0.3, 0.4) is 0 Å². The first kappa shape index (κ1) is 21.1. The molecule has 7 nitrogen and oxygen atoms in total. The molecule has 1 aliphatic heterocycles. The normalized spacial score (nSPS) is 18.9. The van der Waals surface area contributed by atoms with Crippen LogP contribution in [-0.4, -0.2) is 69.5 Å². The van der Waals surface area contributed by atoms with Crippen molar-refractivity contribution in [2.45, 2.75) is 44.9 Å². The highest BCUT2D eigenvalue weighted by Gasteiger charge is 2.15. The molecule has 2 unspecified atom stereocenters. The molecule has 0 spiro atoms. The van der Waals surface area contributed by atoms with E-state index in [9.17, 15) is 0 Å². The van der Waals surface area contributed by atoms with Gasteiger partial charge in [-0.15, -0.1) is 11.3 Å². The molecule has 1 aromatic rings. The van der Waals surface area contributed by atoms with E-state index in [1.165, 1.54) is 0 Å². The van der Waals surface area contributed by atoms with Crippen molar-refractivity contribution in [3.63, 3.8) is 0 Å². The summed E-state index contributed by atoms with van der Waals surface area (Å²) < 4.78 is 16.6. The summed E-state index contributed by atoms with van der Waals surface area (Å²) >= 11 is 1.63. The zero-order valence-corrected chi connectivity index (χ0v) is 17.2. The Morgan fingerprint density at radius 2 is 2.42 bits per heavy atom. The molecular formula is C18H32N4O3S. The molecular weight excluding hydrogens is 352 g/mol. The molecule has 1 saturated heterocycles. The fourth-order valence-electron chi connectivity index (χ4n) is 2.75. The molecule has 0 aliphatic carbocycles. The first-order valence-electron chi connectivity index (χ1n) is 9.22. The number of ether oxygens (including phenoxy) is 3. The van der Waals surface area contributed by atoms with Gasteiger partial charge in [0, 0.05) is 46.3 Å². The molecule has 26 heavy (non-hydrogen) atoms. The number of nitrogens with one attached hydrogen (secondary N) is 1. The van der Waals surface area contributed by atoms with Crippen molar-refractivity contribution in [2.75, 3.05) is 47.6 Å². The summed E-state index contributed by atoms with van der Waals surface area (Å²) in [6.07, 6.45) is 3.54. The van der Waals surface area contributed by atoms with Crippen LogP contribution in [0.5, 0.6) is 0 Å². The van der Waals surface area contributed by atoms with Crippen molar-refractivity contribution in [2.24, 2.45) is 4.99 Å². The van der Waals surface area contributed by atoms with Gasteiger partial charge in [-0.2, -0.15) is 0 Å². The second-order valence-electron chi connectivity index (χ2n) is 6.45. The third-order valence-corrected chi connectivity index (χ3v) is 5.37. The van der Waals surface area contributed by atoms with Crippen LogP contribution in [-0.2, 0) is 20.8 Å². The number of nitrogens with zero attached hydrogens (tertiary/aromatic N) is 3. The van der Waals surface area contributed by atoms with Crippen LogP contribution < -0.4 is 5.32 Å². The maximum Gasteiger partial charge on any atom is 0.193 e. The van der Waals surface area contributed by atoms with E-state index >= 15 is 0 Å². The number of methoxy groups -OCH3 is 1. The van der Waals surface area contributed by atoms with E-state index in [1.54, 1.807) is 25.5 Å². The van der Waals surface area contributed by atoms with Gasteiger partial charge in [0.05, 0.1) is 24.9 Å². The lowest BCUT2D eigenvalue weighted by Gasteiger charge is -2.21. The third-order valence-electron chi connectivity index (χ3n) is 4.32. The van der Waals surface area contributed by atoms with Crippen LogP contribution in [0.15, 0.2) is 10.4 Å². The number of guanidine groups is 1. The molecule has 1 N–H and O–H groups in total. The van der Waals surface area contributed by atoms with Crippen molar-refractivity contribution >= 4 is 17.3 Å². The lowest BCUT2D eigenvalue weighted by molar-refractivity contribution is 0.0168. The smallest absolute Gasteiger partial charge is 0.193 e. The summed E-state index contributed by atoms with van der Waals surface area (Å²) in [5.41, 5.74) is 1.03. The zero-order chi connectivity index (χ0) is 18.8. The second-order valence-corrected chi connectivity index (χ2v) is 7.34. The van der Waals surface area contributed by atoms with E-state index in [2.05, 4.69) is 25.6 Å². The zero-order valence-electron chi connectivity index (χ0n) is 16.4. The quantitative estimate of drug-likeness (QED) is 0.380. The molecule has 1 aromatic heterocycles. The predicted octanol–water partition coefficient (Wildman–Crippen LogP) is 2.44. The number of hydrogen-bond acceptors (Lipinski definition) is 6. The molecule has 1 aliphatic rings. The lowest BCUT2D eigenvalue weighted by atomic mass is 10.2. The molecule has 0 radical (unpaired) electrons. The number of aromatic nitrogens is 1. The summed E-state index contributed by atoms with van der Waals surface area (Å²) in [7, 11) is 5.52. The number of aliphatic imine (C=N–C) groups is 1. The molecule has 2 heterocycles. The monoisotopic (exact) mass is 384 g/mol. The van der Waals surface area contributed by atoms with E-state index < -0.39 is 0 Å². The van der Waals surface area contributed by atoms with E-state index in [-0.39, 0.29) is 6.10 Å². The predicted molar refractivity (Wildman–Crippen MR) is 105 cm³/mol. The van der Waals surface area contributed by atoms with Crippen molar-refractivity contribution in [1.82, 2.24) is 15.2 Å². The minimum atomic E-state index is 0.0335. The summed E-state index contributed by atoms with van der Waals surface area (Å²) in [6.45, 7) is 5.86. The van der Waals surface area contributed by atoms with Gasteiger partial charge in [0.25, 0.3) is 0 Å². The number of thiazole rings is 1. The van der Waals surface area contributed by atoms with E-state index in [0.717, 1.165) is 55.7 Å². The highest BCUT2D eigenvalue weighted by Crippen LogP contribution is 2.20. The molecule has 0 saturated carbocycles.